The molecule has 0 saturated heterocycles. The highest BCUT2D eigenvalue weighted by Crippen LogP contribution is 2.19. The van der Waals surface area contributed by atoms with Crippen LogP contribution in [0.2, 0.25) is 0 Å². The van der Waals surface area contributed by atoms with Gasteiger partial charge in [0, 0.05) is 24.2 Å². The number of H-pyrrole nitrogens is 2. The summed E-state index contributed by atoms with van der Waals surface area (Å²) in [4.78, 5) is 46.9. The normalized spacial score (nSPS) is 13.9. The van der Waals surface area contributed by atoms with Crippen molar-refractivity contribution in [3.8, 4) is 0 Å². The second kappa shape index (κ2) is 6.73. The summed E-state index contributed by atoms with van der Waals surface area (Å²) < 4.78 is 1.77. The summed E-state index contributed by atoms with van der Waals surface area (Å²) in [5.74, 6) is 0.486. The third-order valence-electron chi connectivity index (χ3n) is 5.35. The van der Waals surface area contributed by atoms with Crippen LogP contribution in [0.4, 0.5) is 5.69 Å². The smallest absolute Gasteiger partial charge is 0.322 e. The molecule has 3 heterocycles. The number of aromatic amines is 2. The summed E-state index contributed by atoms with van der Waals surface area (Å²) in [7, 11) is 0. The van der Waals surface area contributed by atoms with E-state index in [2.05, 4.69) is 20.3 Å². The number of benzene rings is 2. The number of rotatable bonds is 2. The van der Waals surface area contributed by atoms with E-state index < -0.39 is 0 Å². The van der Waals surface area contributed by atoms with Gasteiger partial charge < -0.3 is 15.3 Å². The molecule has 1 aliphatic rings. The molecule has 4 aromatic rings. The standard InChI is InChI=1S/C21H19N5O3/c27-19(22-13-6-8-15-17(11-13)25-21(29)24-15)12-5-7-14-16(10-12)23-18-4-2-1-3-9-26(18)20(14)28/h5-8,10-11H,1-4,9H2,(H,22,27)(H2,24,25,29). The lowest BCUT2D eigenvalue weighted by molar-refractivity contribution is 0.102. The van der Waals surface area contributed by atoms with Crippen molar-refractivity contribution in [2.24, 2.45) is 0 Å². The first kappa shape index (κ1) is 17.4. The van der Waals surface area contributed by atoms with E-state index in [1.807, 2.05) is 0 Å². The number of carbonyl (C=O) groups excluding carboxylic acids is 1. The van der Waals surface area contributed by atoms with Gasteiger partial charge in [-0.3, -0.25) is 14.2 Å². The minimum absolute atomic E-state index is 0.0410. The number of imidazole rings is 1. The Bertz CT molecular complexity index is 1380. The summed E-state index contributed by atoms with van der Waals surface area (Å²) in [5.41, 5.74) is 2.47. The zero-order chi connectivity index (χ0) is 20.0. The highest BCUT2D eigenvalue weighted by molar-refractivity contribution is 6.06. The molecule has 0 fully saturated rings. The van der Waals surface area contributed by atoms with Gasteiger partial charge in [-0.1, -0.05) is 6.42 Å². The first-order chi connectivity index (χ1) is 14.1. The van der Waals surface area contributed by atoms with Gasteiger partial charge in [0.1, 0.15) is 5.82 Å². The molecular weight excluding hydrogens is 370 g/mol. The van der Waals surface area contributed by atoms with E-state index in [-0.39, 0.29) is 17.2 Å². The molecule has 2 aromatic heterocycles. The van der Waals surface area contributed by atoms with Crippen LogP contribution in [0.25, 0.3) is 21.9 Å². The molecule has 0 bridgehead atoms. The van der Waals surface area contributed by atoms with Gasteiger partial charge in [-0.15, -0.1) is 0 Å². The molecule has 8 nitrogen and oxygen atoms in total. The number of carbonyl (C=O) groups is 1. The summed E-state index contributed by atoms with van der Waals surface area (Å²) in [6.45, 7) is 0.697. The van der Waals surface area contributed by atoms with E-state index in [9.17, 15) is 14.4 Å². The average Bonchev–Trinajstić information content (AvgIpc) is 2.92. The number of hydrogen-bond donors (Lipinski definition) is 3. The Labute approximate surface area is 164 Å². The van der Waals surface area contributed by atoms with E-state index in [0.717, 1.165) is 31.5 Å². The maximum atomic E-state index is 12.8. The van der Waals surface area contributed by atoms with Crippen LogP contribution < -0.4 is 16.6 Å². The highest BCUT2D eigenvalue weighted by atomic mass is 16.2. The Kier molecular flexibility index (Phi) is 4.04. The number of nitrogens with zero attached hydrogens (tertiary/aromatic N) is 2. The number of nitrogens with one attached hydrogen (secondary N) is 3. The molecule has 29 heavy (non-hydrogen) atoms. The summed E-state index contributed by atoms with van der Waals surface area (Å²) in [6, 6.07) is 10.1. The van der Waals surface area contributed by atoms with Crippen molar-refractivity contribution in [2.45, 2.75) is 32.2 Å². The SMILES string of the molecule is O=C(Nc1ccc2[nH]c(=O)[nH]c2c1)c1ccc2c(=O)n3c(nc2c1)CCCCC3. The van der Waals surface area contributed by atoms with E-state index in [0.29, 0.717) is 39.7 Å². The lowest BCUT2D eigenvalue weighted by atomic mass is 10.1. The topological polar surface area (TPSA) is 113 Å². The average molecular weight is 389 g/mol. The summed E-state index contributed by atoms with van der Waals surface area (Å²) >= 11 is 0. The third-order valence-corrected chi connectivity index (χ3v) is 5.35. The zero-order valence-corrected chi connectivity index (χ0v) is 15.6. The van der Waals surface area contributed by atoms with Crippen molar-refractivity contribution in [3.63, 3.8) is 0 Å². The van der Waals surface area contributed by atoms with Gasteiger partial charge in [-0.2, -0.15) is 0 Å². The molecule has 1 aliphatic heterocycles. The maximum Gasteiger partial charge on any atom is 0.323 e. The quantitative estimate of drug-likeness (QED) is 0.489. The molecule has 0 atom stereocenters. The van der Waals surface area contributed by atoms with Gasteiger partial charge in [-0.25, -0.2) is 9.78 Å². The van der Waals surface area contributed by atoms with Crippen LogP contribution in [0.1, 0.15) is 35.4 Å². The Morgan fingerprint density at radius 2 is 1.86 bits per heavy atom. The third kappa shape index (κ3) is 3.12. The van der Waals surface area contributed by atoms with Crippen molar-refractivity contribution >= 4 is 33.5 Å². The minimum Gasteiger partial charge on any atom is -0.322 e. The van der Waals surface area contributed by atoms with Crippen LogP contribution >= 0.6 is 0 Å². The van der Waals surface area contributed by atoms with Crippen molar-refractivity contribution in [2.75, 3.05) is 5.32 Å². The molecule has 0 unspecified atom stereocenters. The van der Waals surface area contributed by atoms with Gasteiger partial charge in [0.15, 0.2) is 0 Å². The number of hydrogen-bond acceptors (Lipinski definition) is 4. The number of aromatic nitrogens is 4. The molecule has 2 aromatic carbocycles. The van der Waals surface area contributed by atoms with E-state index in [1.165, 1.54) is 0 Å². The number of amides is 1. The Hall–Kier alpha value is -3.68. The molecule has 0 radical (unpaired) electrons. The van der Waals surface area contributed by atoms with Crippen molar-refractivity contribution in [3.05, 3.63) is 68.6 Å². The fourth-order valence-corrected chi connectivity index (χ4v) is 3.87. The van der Waals surface area contributed by atoms with Crippen LogP contribution in [0.3, 0.4) is 0 Å². The predicted molar refractivity (Wildman–Crippen MR) is 110 cm³/mol. The van der Waals surface area contributed by atoms with Gasteiger partial charge in [-0.05, 0) is 49.2 Å². The first-order valence-electron chi connectivity index (χ1n) is 9.65. The summed E-state index contributed by atoms with van der Waals surface area (Å²) in [5, 5.41) is 3.35. The summed E-state index contributed by atoms with van der Waals surface area (Å²) in [6.07, 6.45) is 3.86. The van der Waals surface area contributed by atoms with Crippen molar-refractivity contribution in [1.82, 2.24) is 19.5 Å². The number of anilines is 1. The fraction of sp³-hybridized carbons (Fsp3) is 0.238. The van der Waals surface area contributed by atoms with Crippen LogP contribution in [-0.4, -0.2) is 25.4 Å². The number of aryl methyl sites for hydroxylation is 1. The largest absolute Gasteiger partial charge is 0.323 e. The lowest BCUT2D eigenvalue weighted by Crippen LogP contribution is -2.24. The Morgan fingerprint density at radius 1 is 1.00 bits per heavy atom. The maximum absolute atomic E-state index is 12.8. The predicted octanol–water partition coefficient (Wildman–Crippen LogP) is 2.54. The van der Waals surface area contributed by atoms with Gasteiger partial charge >= 0.3 is 5.69 Å². The lowest BCUT2D eigenvalue weighted by Gasteiger charge is -2.11. The Balaban J connectivity index is 1.49. The second-order valence-corrected chi connectivity index (χ2v) is 7.32. The molecule has 3 N–H and O–H groups in total. The zero-order valence-electron chi connectivity index (χ0n) is 15.6. The molecule has 0 spiro atoms. The van der Waals surface area contributed by atoms with Crippen LogP contribution in [-0.2, 0) is 13.0 Å². The van der Waals surface area contributed by atoms with Crippen LogP contribution in [0.15, 0.2) is 46.0 Å². The second-order valence-electron chi connectivity index (χ2n) is 7.32. The van der Waals surface area contributed by atoms with Crippen molar-refractivity contribution < 1.29 is 4.79 Å². The van der Waals surface area contributed by atoms with E-state index >= 15 is 0 Å². The van der Waals surface area contributed by atoms with E-state index in [4.69, 9.17) is 0 Å². The van der Waals surface area contributed by atoms with Crippen LogP contribution in [0, 0.1) is 0 Å². The van der Waals surface area contributed by atoms with Crippen molar-refractivity contribution in [1.29, 1.82) is 0 Å². The molecule has 0 saturated carbocycles. The molecular formula is C21H19N5O3. The monoisotopic (exact) mass is 389 g/mol. The highest BCUT2D eigenvalue weighted by Gasteiger charge is 2.15. The fourth-order valence-electron chi connectivity index (χ4n) is 3.87. The molecule has 0 aliphatic carbocycles. The van der Waals surface area contributed by atoms with Gasteiger partial charge in [0.2, 0.25) is 0 Å². The Morgan fingerprint density at radius 3 is 2.76 bits per heavy atom. The minimum atomic E-state index is -0.305. The van der Waals surface area contributed by atoms with Gasteiger partial charge in [0.25, 0.3) is 11.5 Å². The van der Waals surface area contributed by atoms with Crippen LogP contribution in [0.5, 0.6) is 0 Å². The molecule has 1 amide bonds. The van der Waals surface area contributed by atoms with Gasteiger partial charge in [0.05, 0.1) is 21.9 Å². The van der Waals surface area contributed by atoms with E-state index in [1.54, 1.807) is 41.0 Å². The first-order valence-corrected chi connectivity index (χ1v) is 9.65. The molecule has 5 rings (SSSR count). The number of fused-ring (bicyclic) bond motifs is 3. The molecule has 146 valence electrons. The molecule has 8 heteroatoms.